The first-order valence-electron chi connectivity index (χ1n) is 8.55. The van der Waals surface area contributed by atoms with Gasteiger partial charge >= 0.3 is 0 Å². The SMILES string of the molecule is CCCCNC(=S)N1CCn2cccc2[C@H]1c1cccc([N+](=O)[O-])c1. The molecule has 1 aliphatic heterocycles. The van der Waals surface area contributed by atoms with E-state index in [1.165, 1.54) is 6.07 Å². The highest BCUT2D eigenvalue weighted by atomic mass is 32.1. The molecule has 0 spiro atoms. The van der Waals surface area contributed by atoms with Crippen LogP contribution in [0.3, 0.4) is 0 Å². The number of nitrogens with zero attached hydrogens (tertiary/aromatic N) is 3. The lowest BCUT2D eigenvalue weighted by molar-refractivity contribution is -0.384. The van der Waals surface area contributed by atoms with Gasteiger partial charge < -0.3 is 14.8 Å². The van der Waals surface area contributed by atoms with Gasteiger partial charge in [0, 0.05) is 43.7 Å². The fraction of sp³-hybridized carbons (Fsp3) is 0.389. The fourth-order valence-electron chi connectivity index (χ4n) is 3.23. The summed E-state index contributed by atoms with van der Waals surface area (Å²) in [6.07, 6.45) is 4.21. The van der Waals surface area contributed by atoms with Crippen molar-refractivity contribution in [3.63, 3.8) is 0 Å². The Morgan fingerprint density at radius 2 is 2.20 bits per heavy atom. The summed E-state index contributed by atoms with van der Waals surface area (Å²) < 4.78 is 2.19. The highest BCUT2D eigenvalue weighted by Gasteiger charge is 2.31. The van der Waals surface area contributed by atoms with Gasteiger partial charge in [-0.25, -0.2) is 0 Å². The highest BCUT2D eigenvalue weighted by Crippen LogP contribution is 2.33. The van der Waals surface area contributed by atoms with Crippen molar-refractivity contribution in [2.45, 2.75) is 32.4 Å². The van der Waals surface area contributed by atoms with Crippen molar-refractivity contribution < 1.29 is 4.92 Å². The van der Waals surface area contributed by atoms with Gasteiger partial charge in [0.1, 0.15) is 0 Å². The van der Waals surface area contributed by atoms with Crippen LogP contribution in [0.15, 0.2) is 42.6 Å². The maximum atomic E-state index is 11.2. The van der Waals surface area contributed by atoms with Crippen molar-refractivity contribution in [2.75, 3.05) is 13.1 Å². The summed E-state index contributed by atoms with van der Waals surface area (Å²) in [6, 6.07) is 10.8. The zero-order valence-corrected chi connectivity index (χ0v) is 15.0. The minimum Gasteiger partial charge on any atom is -0.363 e. The van der Waals surface area contributed by atoms with Crippen molar-refractivity contribution >= 4 is 23.0 Å². The number of unbranched alkanes of at least 4 members (excludes halogenated alkanes) is 1. The summed E-state index contributed by atoms with van der Waals surface area (Å²) in [7, 11) is 0. The molecule has 0 fully saturated rings. The van der Waals surface area contributed by atoms with Crippen LogP contribution >= 0.6 is 12.2 Å². The van der Waals surface area contributed by atoms with Gasteiger partial charge in [-0.1, -0.05) is 25.5 Å². The summed E-state index contributed by atoms with van der Waals surface area (Å²) in [5, 5.41) is 15.2. The summed E-state index contributed by atoms with van der Waals surface area (Å²) in [4.78, 5) is 13.0. The first-order valence-corrected chi connectivity index (χ1v) is 8.96. The van der Waals surface area contributed by atoms with Gasteiger partial charge in [-0.3, -0.25) is 10.1 Å². The molecule has 0 unspecified atom stereocenters. The number of benzene rings is 1. The number of aromatic nitrogens is 1. The minimum absolute atomic E-state index is 0.103. The number of rotatable bonds is 5. The van der Waals surface area contributed by atoms with E-state index in [-0.39, 0.29) is 16.7 Å². The van der Waals surface area contributed by atoms with Gasteiger partial charge in [0.25, 0.3) is 5.69 Å². The molecule has 2 heterocycles. The molecule has 6 nitrogen and oxygen atoms in total. The number of nitrogens with one attached hydrogen (secondary N) is 1. The molecule has 1 aromatic carbocycles. The zero-order valence-electron chi connectivity index (χ0n) is 14.2. The molecular weight excluding hydrogens is 336 g/mol. The van der Waals surface area contributed by atoms with E-state index in [4.69, 9.17) is 12.2 Å². The summed E-state index contributed by atoms with van der Waals surface area (Å²) in [5.74, 6) is 0. The Bertz CT molecular complexity index is 774. The van der Waals surface area contributed by atoms with Crippen LogP contribution in [0.1, 0.15) is 37.1 Å². The van der Waals surface area contributed by atoms with Crippen LogP contribution in [0.4, 0.5) is 5.69 Å². The number of thiocarbonyl (C=S) groups is 1. The number of nitro benzene ring substituents is 1. The fourth-order valence-corrected chi connectivity index (χ4v) is 3.53. The Morgan fingerprint density at radius 1 is 1.36 bits per heavy atom. The number of non-ortho nitro benzene ring substituents is 1. The number of nitro groups is 1. The van der Waals surface area contributed by atoms with E-state index < -0.39 is 0 Å². The van der Waals surface area contributed by atoms with Gasteiger partial charge in [-0.15, -0.1) is 0 Å². The molecular formula is C18H22N4O2S. The van der Waals surface area contributed by atoms with Gasteiger partial charge in [-0.2, -0.15) is 0 Å². The first kappa shape index (κ1) is 17.4. The third kappa shape index (κ3) is 3.66. The Labute approximate surface area is 152 Å². The molecule has 0 radical (unpaired) electrons. The molecule has 1 aromatic heterocycles. The van der Waals surface area contributed by atoms with Gasteiger partial charge in [0.05, 0.1) is 11.0 Å². The lowest BCUT2D eigenvalue weighted by Crippen LogP contribution is -2.47. The van der Waals surface area contributed by atoms with Crippen molar-refractivity contribution in [1.29, 1.82) is 0 Å². The van der Waals surface area contributed by atoms with Gasteiger partial charge in [0.15, 0.2) is 5.11 Å². The van der Waals surface area contributed by atoms with E-state index >= 15 is 0 Å². The van der Waals surface area contributed by atoms with E-state index in [9.17, 15) is 10.1 Å². The molecule has 1 aliphatic rings. The van der Waals surface area contributed by atoms with Crippen molar-refractivity contribution in [2.24, 2.45) is 0 Å². The number of hydrogen-bond acceptors (Lipinski definition) is 3. The molecule has 25 heavy (non-hydrogen) atoms. The molecule has 0 saturated carbocycles. The average molecular weight is 358 g/mol. The third-order valence-corrected chi connectivity index (χ3v) is 4.88. The maximum absolute atomic E-state index is 11.2. The van der Waals surface area contributed by atoms with E-state index in [0.29, 0.717) is 5.11 Å². The second-order valence-electron chi connectivity index (χ2n) is 6.16. The van der Waals surface area contributed by atoms with Crippen LogP contribution in [0.25, 0.3) is 0 Å². The molecule has 7 heteroatoms. The Kier molecular flexibility index (Phi) is 5.33. The van der Waals surface area contributed by atoms with Crippen LogP contribution < -0.4 is 5.32 Å². The largest absolute Gasteiger partial charge is 0.363 e. The molecule has 2 aromatic rings. The van der Waals surface area contributed by atoms with E-state index in [1.807, 2.05) is 18.3 Å². The molecule has 132 valence electrons. The lowest BCUT2D eigenvalue weighted by atomic mass is 10.00. The second-order valence-corrected chi connectivity index (χ2v) is 6.55. The second kappa shape index (κ2) is 7.65. The topological polar surface area (TPSA) is 63.3 Å². The summed E-state index contributed by atoms with van der Waals surface area (Å²) in [5.41, 5.74) is 2.09. The van der Waals surface area contributed by atoms with Gasteiger partial charge in [0.2, 0.25) is 0 Å². The Balaban J connectivity index is 1.94. The Morgan fingerprint density at radius 3 is 2.96 bits per heavy atom. The standard InChI is InChI=1S/C18H22N4O2S/c1-2-3-9-19-18(25)21-12-11-20-10-5-8-16(20)17(21)14-6-4-7-15(13-14)22(23)24/h4-8,10,13,17H,2-3,9,11-12H2,1H3,(H,19,25)/t17-/m1/s1. The molecule has 0 amide bonds. The molecule has 1 N–H and O–H groups in total. The van der Waals surface area contributed by atoms with Crippen LogP contribution in [0.5, 0.6) is 0 Å². The van der Waals surface area contributed by atoms with E-state index in [1.54, 1.807) is 12.1 Å². The van der Waals surface area contributed by atoms with Gasteiger partial charge in [-0.05, 0) is 36.3 Å². The Hall–Kier alpha value is -2.41. The van der Waals surface area contributed by atoms with E-state index in [2.05, 4.69) is 27.8 Å². The normalized spacial score (nSPS) is 16.4. The predicted octanol–water partition coefficient (Wildman–Crippen LogP) is 3.48. The monoisotopic (exact) mass is 358 g/mol. The van der Waals surface area contributed by atoms with E-state index in [0.717, 1.165) is 43.7 Å². The van der Waals surface area contributed by atoms with Crippen molar-refractivity contribution in [3.05, 3.63) is 64.0 Å². The summed E-state index contributed by atoms with van der Waals surface area (Å²) in [6.45, 7) is 4.61. The molecule has 3 rings (SSSR count). The van der Waals surface area contributed by atoms with Crippen LogP contribution in [0, 0.1) is 10.1 Å². The smallest absolute Gasteiger partial charge is 0.269 e. The molecule has 0 saturated heterocycles. The third-order valence-electron chi connectivity index (χ3n) is 4.50. The van der Waals surface area contributed by atoms with Crippen molar-refractivity contribution in [3.8, 4) is 0 Å². The summed E-state index contributed by atoms with van der Waals surface area (Å²) >= 11 is 5.62. The maximum Gasteiger partial charge on any atom is 0.269 e. The molecule has 0 bridgehead atoms. The zero-order chi connectivity index (χ0) is 17.8. The van der Waals surface area contributed by atoms with Crippen LogP contribution in [-0.2, 0) is 6.54 Å². The average Bonchev–Trinajstić information content (AvgIpc) is 3.09. The van der Waals surface area contributed by atoms with Crippen LogP contribution in [-0.4, -0.2) is 32.6 Å². The number of hydrogen-bond donors (Lipinski definition) is 1. The highest BCUT2D eigenvalue weighted by molar-refractivity contribution is 7.80. The van der Waals surface area contributed by atoms with Crippen molar-refractivity contribution in [1.82, 2.24) is 14.8 Å². The minimum atomic E-state index is -0.354. The predicted molar refractivity (Wildman–Crippen MR) is 102 cm³/mol. The lowest BCUT2D eigenvalue weighted by Gasteiger charge is -2.39. The van der Waals surface area contributed by atoms with Crippen LogP contribution in [0.2, 0.25) is 0 Å². The molecule has 0 aliphatic carbocycles. The molecule has 1 atom stereocenters. The quantitative estimate of drug-likeness (QED) is 0.384. The first-order chi connectivity index (χ1) is 12.1. The number of fused-ring (bicyclic) bond motifs is 1.